The first-order valence-corrected chi connectivity index (χ1v) is 7.85. The van der Waals surface area contributed by atoms with Gasteiger partial charge >= 0.3 is 0 Å². The Morgan fingerprint density at radius 1 is 1.21 bits per heavy atom. The van der Waals surface area contributed by atoms with E-state index in [0.29, 0.717) is 17.1 Å². The lowest BCUT2D eigenvalue weighted by atomic mass is 9.90. The summed E-state index contributed by atoms with van der Waals surface area (Å²) in [5, 5.41) is 0. The molecule has 0 bridgehead atoms. The smallest absolute Gasteiger partial charge is 0.225 e. The highest BCUT2D eigenvalue weighted by atomic mass is 19.1. The van der Waals surface area contributed by atoms with Crippen molar-refractivity contribution in [3.63, 3.8) is 0 Å². The van der Waals surface area contributed by atoms with Crippen LogP contribution in [0.1, 0.15) is 25.0 Å². The highest BCUT2D eigenvalue weighted by Crippen LogP contribution is 2.33. The summed E-state index contributed by atoms with van der Waals surface area (Å²) in [6.45, 7) is 5.98. The Morgan fingerprint density at radius 2 is 1.92 bits per heavy atom. The summed E-state index contributed by atoms with van der Waals surface area (Å²) in [6.07, 6.45) is 3.55. The van der Waals surface area contributed by atoms with E-state index in [1.165, 1.54) is 12.1 Å². The SMILES string of the molecule is COC1CN(c2ncc(C#Cc3cccc(F)c3)cn2)CC1(C)C. The monoisotopic (exact) mass is 325 g/mol. The third-order valence-corrected chi connectivity index (χ3v) is 4.24. The lowest BCUT2D eigenvalue weighted by molar-refractivity contribution is 0.0445. The van der Waals surface area contributed by atoms with Gasteiger partial charge in [0, 0.05) is 43.6 Å². The summed E-state index contributed by atoms with van der Waals surface area (Å²) in [7, 11) is 1.74. The molecule has 1 saturated heterocycles. The molecule has 0 amide bonds. The fourth-order valence-corrected chi connectivity index (χ4v) is 2.91. The van der Waals surface area contributed by atoms with Crippen molar-refractivity contribution in [1.29, 1.82) is 0 Å². The minimum atomic E-state index is -0.294. The van der Waals surface area contributed by atoms with E-state index in [1.807, 2.05) is 0 Å². The lowest BCUT2D eigenvalue weighted by Crippen LogP contribution is -2.28. The molecule has 5 heteroatoms. The van der Waals surface area contributed by atoms with Crippen molar-refractivity contribution in [2.24, 2.45) is 5.41 Å². The van der Waals surface area contributed by atoms with Crippen LogP contribution >= 0.6 is 0 Å². The van der Waals surface area contributed by atoms with Gasteiger partial charge in [-0.05, 0) is 18.2 Å². The maximum Gasteiger partial charge on any atom is 0.225 e. The molecule has 2 heterocycles. The van der Waals surface area contributed by atoms with Crippen molar-refractivity contribution in [1.82, 2.24) is 9.97 Å². The molecule has 124 valence electrons. The molecule has 1 fully saturated rings. The standard InChI is InChI=1S/C19H20FN3O/c1-19(2)13-23(12-17(19)24-3)18-21-10-15(11-22-18)8-7-14-5-4-6-16(20)9-14/h4-6,9-11,17H,12-13H2,1-3H3. The molecular weight excluding hydrogens is 305 g/mol. The highest BCUT2D eigenvalue weighted by molar-refractivity contribution is 5.43. The Hall–Kier alpha value is -2.45. The van der Waals surface area contributed by atoms with Gasteiger partial charge in [-0.3, -0.25) is 0 Å². The number of rotatable bonds is 2. The number of hydrogen-bond acceptors (Lipinski definition) is 4. The van der Waals surface area contributed by atoms with Crippen LogP contribution in [0.4, 0.5) is 10.3 Å². The maximum absolute atomic E-state index is 13.1. The third-order valence-electron chi connectivity index (χ3n) is 4.24. The normalized spacial score (nSPS) is 19.0. The average Bonchev–Trinajstić information content (AvgIpc) is 2.88. The zero-order chi connectivity index (χ0) is 17.2. The molecule has 1 unspecified atom stereocenters. The van der Waals surface area contributed by atoms with Gasteiger partial charge in [-0.25, -0.2) is 14.4 Å². The van der Waals surface area contributed by atoms with Crippen molar-refractivity contribution in [2.75, 3.05) is 25.1 Å². The zero-order valence-electron chi connectivity index (χ0n) is 14.1. The van der Waals surface area contributed by atoms with Crippen LogP contribution in [0.15, 0.2) is 36.7 Å². The molecule has 2 aromatic rings. The molecule has 24 heavy (non-hydrogen) atoms. The minimum absolute atomic E-state index is 0.0635. The van der Waals surface area contributed by atoms with Crippen molar-refractivity contribution in [3.8, 4) is 11.8 Å². The van der Waals surface area contributed by atoms with E-state index in [2.05, 4.69) is 40.6 Å². The molecular formula is C19H20FN3O. The van der Waals surface area contributed by atoms with Crippen LogP contribution in [-0.2, 0) is 4.74 Å². The van der Waals surface area contributed by atoms with Crippen LogP contribution in [0.5, 0.6) is 0 Å². The van der Waals surface area contributed by atoms with Crippen LogP contribution in [0.25, 0.3) is 0 Å². The van der Waals surface area contributed by atoms with E-state index in [1.54, 1.807) is 31.6 Å². The first-order valence-electron chi connectivity index (χ1n) is 7.85. The van der Waals surface area contributed by atoms with E-state index in [0.717, 1.165) is 13.1 Å². The predicted molar refractivity (Wildman–Crippen MR) is 91.2 cm³/mol. The number of anilines is 1. The number of aromatic nitrogens is 2. The summed E-state index contributed by atoms with van der Waals surface area (Å²) < 4.78 is 18.7. The summed E-state index contributed by atoms with van der Waals surface area (Å²) in [6, 6.07) is 6.20. The topological polar surface area (TPSA) is 38.2 Å². The predicted octanol–water partition coefficient (Wildman–Crippen LogP) is 2.88. The molecule has 0 spiro atoms. The summed E-state index contributed by atoms with van der Waals surface area (Å²) >= 11 is 0. The Kier molecular flexibility index (Phi) is 4.50. The second-order valence-electron chi connectivity index (χ2n) is 6.63. The van der Waals surface area contributed by atoms with Crippen molar-refractivity contribution < 1.29 is 9.13 Å². The molecule has 0 radical (unpaired) electrons. The average molecular weight is 325 g/mol. The lowest BCUT2D eigenvalue weighted by Gasteiger charge is -2.23. The van der Waals surface area contributed by atoms with Gasteiger partial charge in [0.05, 0.1) is 11.7 Å². The van der Waals surface area contributed by atoms with E-state index >= 15 is 0 Å². The molecule has 4 nitrogen and oxygen atoms in total. The van der Waals surface area contributed by atoms with Gasteiger partial charge in [-0.2, -0.15) is 0 Å². The fraction of sp³-hybridized carbons (Fsp3) is 0.368. The van der Waals surface area contributed by atoms with E-state index in [4.69, 9.17) is 4.74 Å². The van der Waals surface area contributed by atoms with Gasteiger partial charge in [0.2, 0.25) is 5.95 Å². The molecule has 0 N–H and O–H groups in total. The van der Waals surface area contributed by atoms with E-state index in [-0.39, 0.29) is 17.3 Å². The highest BCUT2D eigenvalue weighted by Gasteiger charge is 2.40. The fourth-order valence-electron chi connectivity index (χ4n) is 2.91. The van der Waals surface area contributed by atoms with Gasteiger partial charge < -0.3 is 9.64 Å². The molecule has 1 aromatic carbocycles. The molecule has 1 aromatic heterocycles. The number of methoxy groups -OCH3 is 1. The molecule has 3 rings (SSSR count). The van der Waals surface area contributed by atoms with Gasteiger partial charge in [-0.1, -0.05) is 31.8 Å². The largest absolute Gasteiger partial charge is 0.379 e. The Morgan fingerprint density at radius 3 is 2.54 bits per heavy atom. The van der Waals surface area contributed by atoms with Crippen LogP contribution < -0.4 is 4.90 Å². The third kappa shape index (κ3) is 3.55. The van der Waals surface area contributed by atoms with Crippen LogP contribution in [-0.4, -0.2) is 36.3 Å². The number of ether oxygens (including phenoxy) is 1. The molecule has 0 saturated carbocycles. The molecule has 0 aliphatic carbocycles. The second-order valence-corrected chi connectivity index (χ2v) is 6.63. The van der Waals surface area contributed by atoms with Gasteiger partial charge in [-0.15, -0.1) is 0 Å². The zero-order valence-corrected chi connectivity index (χ0v) is 14.1. The first kappa shape index (κ1) is 16.4. The molecule has 1 aliphatic heterocycles. The van der Waals surface area contributed by atoms with Crippen LogP contribution in [0, 0.1) is 23.1 Å². The molecule has 1 atom stereocenters. The number of hydrogen-bond donors (Lipinski definition) is 0. The van der Waals surface area contributed by atoms with Crippen molar-refractivity contribution >= 4 is 5.95 Å². The van der Waals surface area contributed by atoms with Crippen molar-refractivity contribution in [2.45, 2.75) is 20.0 Å². The van der Waals surface area contributed by atoms with E-state index < -0.39 is 0 Å². The number of benzene rings is 1. The number of nitrogens with zero attached hydrogens (tertiary/aromatic N) is 3. The summed E-state index contributed by atoms with van der Waals surface area (Å²) in [5.74, 6) is 6.26. The Balaban J connectivity index is 1.73. The number of halogens is 1. The van der Waals surface area contributed by atoms with Crippen LogP contribution in [0.3, 0.4) is 0 Å². The van der Waals surface area contributed by atoms with Gasteiger partial charge in [0.25, 0.3) is 0 Å². The van der Waals surface area contributed by atoms with E-state index in [9.17, 15) is 4.39 Å². The quantitative estimate of drug-likeness (QED) is 0.796. The van der Waals surface area contributed by atoms with Gasteiger partial charge in [0.15, 0.2) is 0 Å². The van der Waals surface area contributed by atoms with Crippen LogP contribution in [0.2, 0.25) is 0 Å². The van der Waals surface area contributed by atoms with Gasteiger partial charge in [0.1, 0.15) is 5.82 Å². The Bertz CT molecular complexity index is 777. The minimum Gasteiger partial charge on any atom is -0.379 e. The Labute approximate surface area is 141 Å². The summed E-state index contributed by atoms with van der Waals surface area (Å²) in [5.41, 5.74) is 1.39. The first-order chi connectivity index (χ1) is 11.5. The maximum atomic E-state index is 13.1. The molecule has 1 aliphatic rings. The summed E-state index contributed by atoms with van der Waals surface area (Å²) in [4.78, 5) is 10.9. The second kappa shape index (κ2) is 6.58. The van der Waals surface area contributed by atoms with Crippen molar-refractivity contribution in [3.05, 3.63) is 53.6 Å².